The van der Waals surface area contributed by atoms with Gasteiger partial charge in [0.05, 0.1) is 11.9 Å². The van der Waals surface area contributed by atoms with E-state index in [0.29, 0.717) is 17.4 Å². The Morgan fingerprint density at radius 3 is 2.82 bits per heavy atom. The number of aromatic nitrogens is 3. The molecule has 0 amide bonds. The minimum Gasteiger partial charge on any atom is -0.267 e. The Morgan fingerprint density at radius 2 is 2.12 bits per heavy atom. The molecule has 0 radical (unpaired) electrons. The lowest BCUT2D eigenvalue weighted by Crippen LogP contribution is -2.28. The second-order valence-electron chi connectivity index (χ2n) is 4.73. The van der Waals surface area contributed by atoms with E-state index in [1.807, 2.05) is 12.1 Å². The van der Waals surface area contributed by atoms with Gasteiger partial charge in [-0.25, -0.2) is 4.68 Å². The van der Waals surface area contributed by atoms with Crippen molar-refractivity contribution < 1.29 is 0 Å². The molecule has 2 aromatic rings. The fraction of sp³-hybridized carbons (Fsp3) is 0.417. The summed E-state index contributed by atoms with van der Waals surface area (Å²) in [6.45, 7) is 0.632. The lowest BCUT2D eigenvalue weighted by Gasteiger charge is -2.12. The second kappa shape index (κ2) is 3.84. The van der Waals surface area contributed by atoms with E-state index in [9.17, 15) is 4.79 Å². The smallest absolute Gasteiger partial charge is 0.267 e. The minimum absolute atomic E-state index is 0.0522. The van der Waals surface area contributed by atoms with Crippen molar-refractivity contribution in [3.8, 4) is 0 Å². The standard InChI is InChI=1S/C12H13N3OS/c16-11-9-3-1-2-4-10(9)13-14-15(11)7-12(8-17)5-6-12/h1-4,17H,5-8H2. The summed E-state index contributed by atoms with van der Waals surface area (Å²) < 4.78 is 1.48. The highest BCUT2D eigenvalue weighted by molar-refractivity contribution is 7.80. The third-order valence-corrected chi connectivity index (χ3v) is 4.08. The Kier molecular flexibility index (Phi) is 2.43. The van der Waals surface area contributed by atoms with Crippen LogP contribution in [0, 0.1) is 5.41 Å². The summed E-state index contributed by atoms with van der Waals surface area (Å²) in [6.07, 6.45) is 2.24. The maximum atomic E-state index is 12.2. The average molecular weight is 247 g/mol. The minimum atomic E-state index is -0.0522. The van der Waals surface area contributed by atoms with Crippen molar-refractivity contribution in [2.24, 2.45) is 5.41 Å². The first kappa shape index (κ1) is 10.8. The van der Waals surface area contributed by atoms with Gasteiger partial charge in [-0.05, 0) is 36.1 Å². The molecular weight excluding hydrogens is 234 g/mol. The summed E-state index contributed by atoms with van der Waals surface area (Å²) in [5, 5.41) is 8.71. The van der Waals surface area contributed by atoms with Gasteiger partial charge in [0, 0.05) is 0 Å². The lowest BCUT2D eigenvalue weighted by molar-refractivity contribution is 0.413. The fourth-order valence-corrected chi connectivity index (χ4v) is 2.40. The van der Waals surface area contributed by atoms with Gasteiger partial charge in [-0.3, -0.25) is 4.79 Å². The van der Waals surface area contributed by atoms with Crippen LogP contribution in [-0.2, 0) is 6.54 Å². The largest absolute Gasteiger partial charge is 0.277 e. The van der Waals surface area contributed by atoms with Crippen molar-refractivity contribution in [1.82, 2.24) is 15.0 Å². The van der Waals surface area contributed by atoms with Crippen LogP contribution in [0.25, 0.3) is 10.9 Å². The Hall–Kier alpha value is -1.36. The fourth-order valence-electron chi connectivity index (χ4n) is 1.99. The molecule has 1 aromatic carbocycles. The molecule has 1 heterocycles. The van der Waals surface area contributed by atoms with Crippen LogP contribution >= 0.6 is 12.6 Å². The van der Waals surface area contributed by atoms with Crippen LogP contribution in [0.15, 0.2) is 29.1 Å². The summed E-state index contributed by atoms with van der Waals surface area (Å²) in [4.78, 5) is 12.2. The van der Waals surface area contributed by atoms with Gasteiger partial charge < -0.3 is 0 Å². The lowest BCUT2D eigenvalue weighted by atomic mass is 10.1. The molecule has 0 saturated heterocycles. The molecule has 0 aliphatic heterocycles. The summed E-state index contributed by atoms with van der Waals surface area (Å²) in [6, 6.07) is 7.31. The van der Waals surface area contributed by atoms with Crippen LogP contribution in [0.4, 0.5) is 0 Å². The highest BCUT2D eigenvalue weighted by Crippen LogP contribution is 2.47. The van der Waals surface area contributed by atoms with Crippen molar-refractivity contribution in [2.75, 3.05) is 5.75 Å². The summed E-state index contributed by atoms with van der Waals surface area (Å²) >= 11 is 4.34. The Balaban J connectivity index is 2.06. The molecule has 4 nitrogen and oxygen atoms in total. The number of nitrogens with zero attached hydrogens (tertiary/aromatic N) is 3. The maximum absolute atomic E-state index is 12.2. The monoisotopic (exact) mass is 247 g/mol. The molecule has 1 aliphatic rings. The van der Waals surface area contributed by atoms with E-state index >= 15 is 0 Å². The average Bonchev–Trinajstić information content (AvgIpc) is 3.14. The molecule has 17 heavy (non-hydrogen) atoms. The van der Waals surface area contributed by atoms with Gasteiger partial charge in [-0.1, -0.05) is 17.3 Å². The van der Waals surface area contributed by atoms with Crippen LogP contribution in [0.3, 0.4) is 0 Å². The first-order valence-electron chi connectivity index (χ1n) is 5.68. The van der Waals surface area contributed by atoms with Crippen LogP contribution in [0.1, 0.15) is 12.8 Å². The van der Waals surface area contributed by atoms with E-state index in [2.05, 4.69) is 22.9 Å². The zero-order valence-electron chi connectivity index (χ0n) is 9.33. The van der Waals surface area contributed by atoms with Crippen LogP contribution in [0.5, 0.6) is 0 Å². The summed E-state index contributed by atoms with van der Waals surface area (Å²) in [5.74, 6) is 0.800. The summed E-state index contributed by atoms with van der Waals surface area (Å²) in [5.41, 5.74) is 0.775. The Morgan fingerprint density at radius 1 is 1.35 bits per heavy atom. The Bertz CT molecular complexity index is 618. The van der Waals surface area contributed by atoms with Crippen molar-refractivity contribution in [3.05, 3.63) is 34.6 Å². The topological polar surface area (TPSA) is 47.8 Å². The molecule has 1 aliphatic carbocycles. The molecule has 0 bridgehead atoms. The normalized spacial score (nSPS) is 17.2. The van der Waals surface area contributed by atoms with E-state index < -0.39 is 0 Å². The van der Waals surface area contributed by atoms with Crippen molar-refractivity contribution in [3.63, 3.8) is 0 Å². The SMILES string of the molecule is O=c1c2ccccc2nnn1CC1(CS)CC1. The molecule has 5 heteroatoms. The van der Waals surface area contributed by atoms with Crippen molar-refractivity contribution in [2.45, 2.75) is 19.4 Å². The van der Waals surface area contributed by atoms with Gasteiger partial charge in [0.1, 0.15) is 5.52 Å². The molecule has 0 atom stereocenters. The van der Waals surface area contributed by atoms with E-state index in [0.717, 1.165) is 18.6 Å². The third-order valence-electron chi connectivity index (χ3n) is 3.41. The van der Waals surface area contributed by atoms with E-state index in [1.165, 1.54) is 4.68 Å². The van der Waals surface area contributed by atoms with E-state index in [1.54, 1.807) is 12.1 Å². The number of fused-ring (bicyclic) bond motifs is 1. The van der Waals surface area contributed by atoms with Crippen LogP contribution < -0.4 is 5.56 Å². The summed E-state index contributed by atoms with van der Waals surface area (Å²) in [7, 11) is 0. The predicted octanol–water partition coefficient (Wildman–Crippen LogP) is 1.50. The zero-order valence-corrected chi connectivity index (χ0v) is 10.2. The molecule has 1 saturated carbocycles. The molecule has 0 N–H and O–H groups in total. The number of thiol groups is 1. The van der Waals surface area contributed by atoms with Crippen molar-refractivity contribution in [1.29, 1.82) is 0 Å². The molecule has 0 spiro atoms. The van der Waals surface area contributed by atoms with Gasteiger partial charge in [-0.15, -0.1) is 5.10 Å². The van der Waals surface area contributed by atoms with Crippen molar-refractivity contribution >= 4 is 23.5 Å². The highest BCUT2D eigenvalue weighted by atomic mass is 32.1. The van der Waals surface area contributed by atoms with Gasteiger partial charge in [0.15, 0.2) is 0 Å². The zero-order chi connectivity index (χ0) is 11.9. The van der Waals surface area contributed by atoms with Gasteiger partial charge >= 0.3 is 0 Å². The molecular formula is C12H13N3OS. The molecule has 1 aromatic heterocycles. The van der Waals surface area contributed by atoms with Crippen LogP contribution in [-0.4, -0.2) is 20.7 Å². The first-order chi connectivity index (χ1) is 8.24. The quantitative estimate of drug-likeness (QED) is 0.836. The number of hydrogen-bond donors (Lipinski definition) is 1. The Labute approximate surface area is 104 Å². The highest BCUT2D eigenvalue weighted by Gasteiger charge is 2.42. The van der Waals surface area contributed by atoms with E-state index in [-0.39, 0.29) is 11.0 Å². The third kappa shape index (κ3) is 1.84. The first-order valence-corrected chi connectivity index (χ1v) is 6.31. The number of hydrogen-bond acceptors (Lipinski definition) is 4. The predicted molar refractivity (Wildman–Crippen MR) is 69.3 cm³/mol. The maximum Gasteiger partial charge on any atom is 0.277 e. The van der Waals surface area contributed by atoms with Gasteiger partial charge in [0.25, 0.3) is 5.56 Å². The van der Waals surface area contributed by atoms with Gasteiger partial charge in [-0.2, -0.15) is 12.6 Å². The molecule has 0 unspecified atom stereocenters. The molecule has 3 rings (SSSR count). The van der Waals surface area contributed by atoms with E-state index in [4.69, 9.17) is 0 Å². The molecule has 1 fully saturated rings. The number of benzene rings is 1. The number of rotatable bonds is 3. The molecule has 88 valence electrons. The van der Waals surface area contributed by atoms with Crippen LogP contribution in [0.2, 0.25) is 0 Å². The second-order valence-corrected chi connectivity index (χ2v) is 5.04. The van der Waals surface area contributed by atoms with Gasteiger partial charge in [0.2, 0.25) is 0 Å².